The number of alkyl halides is 3. The molecule has 2 bridgehead atoms. The van der Waals surface area contributed by atoms with Crippen molar-refractivity contribution in [1.29, 1.82) is 0 Å². The van der Waals surface area contributed by atoms with Crippen LogP contribution in [0.25, 0.3) is 0 Å². The summed E-state index contributed by atoms with van der Waals surface area (Å²) in [6.45, 7) is 0.672. The van der Waals surface area contributed by atoms with Gasteiger partial charge in [0.05, 0.1) is 0 Å². The van der Waals surface area contributed by atoms with Gasteiger partial charge in [0.15, 0.2) is 5.76 Å². The molecule has 1 unspecified atom stereocenters. The first-order valence-electron chi connectivity index (χ1n) is 9.33. The van der Waals surface area contributed by atoms with E-state index in [4.69, 9.17) is 4.74 Å². The van der Waals surface area contributed by atoms with Crippen LogP contribution in [0.1, 0.15) is 19.3 Å². The number of hydrogen-bond donors (Lipinski definition) is 2. The summed E-state index contributed by atoms with van der Waals surface area (Å²) in [5.41, 5.74) is -5.14. The van der Waals surface area contributed by atoms with Gasteiger partial charge >= 0.3 is 15.6 Å². The molecule has 0 aromatic carbocycles. The van der Waals surface area contributed by atoms with Crippen LogP contribution < -0.4 is 0 Å². The van der Waals surface area contributed by atoms with Crippen molar-refractivity contribution in [3.05, 3.63) is 35.1 Å². The molecule has 1 spiro atoms. The van der Waals surface area contributed by atoms with Gasteiger partial charge in [0, 0.05) is 29.4 Å². The Labute approximate surface area is 165 Å². The number of aliphatic hydroxyl groups excluding tert-OH is 1. The quantitative estimate of drug-likeness (QED) is 0.291. The zero-order valence-electron chi connectivity index (χ0n) is 15.4. The summed E-state index contributed by atoms with van der Waals surface area (Å²) in [4.78, 5) is 2.20. The fourth-order valence-corrected chi connectivity index (χ4v) is 6.37. The second-order valence-corrected chi connectivity index (χ2v) is 9.93. The van der Waals surface area contributed by atoms with E-state index in [9.17, 15) is 31.8 Å². The molecule has 2 fully saturated rings. The third kappa shape index (κ3) is 2.36. The monoisotopic (exact) mass is 435 g/mol. The molecule has 160 valence electrons. The summed E-state index contributed by atoms with van der Waals surface area (Å²) in [6, 6.07) is 0.110. The molecule has 0 radical (unpaired) electrons. The molecule has 1 saturated heterocycles. The largest absolute Gasteiger partial charge is 0.523 e. The van der Waals surface area contributed by atoms with Gasteiger partial charge in [0.1, 0.15) is 12.2 Å². The summed E-state index contributed by atoms with van der Waals surface area (Å²) >= 11 is 0. The Hall–Kier alpha value is -1.40. The number of nitrogens with zero attached hydrogens (tertiary/aromatic N) is 1. The van der Waals surface area contributed by atoms with Gasteiger partial charge in [-0.1, -0.05) is 18.2 Å². The fraction of sp³-hybridized carbons (Fsp3) is 0.667. The molecule has 11 heteroatoms. The van der Waals surface area contributed by atoms with E-state index in [-0.39, 0.29) is 17.7 Å². The average molecular weight is 435 g/mol. The van der Waals surface area contributed by atoms with Crippen molar-refractivity contribution in [2.75, 3.05) is 13.6 Å². The molecular formula is C18H20F3NO6S. The maximum atomic E-state index is 12.9. The van der Waals surface area contributed by atoms with Gasteiger partial charge in [0.2, 0.25) is 5.79 Å². The van der Waals surface area contributed by atoms with Crippen molar-refractivity contribution in [3.63, 3.8) is 0 Å². The van der Waals surface area contributed by atoms with Crippen LogP contribution in [0.5, 0.6) is 0 Å². The second kappa shape index (κ2) is 5.64. The van der Waals surface area contributed by atoms with Gasteiger partial charge in [-0.05, 0) is 32.0 Å². The number of aliphatic hydroxyl groups is 2. The Bertz CT molecular complexity index is 973. The molecular weight excluding hydrogens is 415 g/mol. The predicted molar refractivity (Wildman–Crippen MR) is 92.3 cm³/mol. The lowest BCUT2D eigenvalue weighted by Crippen LogP contribution is -2.62. The minimum Gasteiger partial charge on any atom is -0.485 e. The number of rotatable bonds is 2. The van der Waals surface area contributed by atoms with Crippen LogP contribution in [0.15, 0.2) is 35.1 Å². The Kier molecular flexibility index (Phi) is 3.80. The highest BCUT2D eigenvalue weighted by Crippen LogP contribution is 2.66. The number of hydrogen-bond acceptors (Lipinski definition) is 7. The summed E-state index contributed by atoms with van der Waals surface area (Å²) in [6.07, 6.45) is 3.80. The average Bonchev–Trinajstić information content (AvgIpc) is 2.97. The van der Waals surface area contributed by atoms with Crippen LogP contribution in [0.3, 0.4) is 0 Å². The van der Waals surface area contributed by atoms with Crippen LogP contribution >= 0.6 is 0 Å². The molecule has 6 atom stereocenters. The highest BCUT2D eigenvalue weighted by molar-refractivity contribution is 7.87. The van der Waals surface area contributed by atoms with E-state index in [1.807, 2.05) is 13.1 Å². The van der Waals surface area contributed by atoms with E-state index in [1.54, 1.807) is 6.08 Å². The standard InChI is InChI=1S/C18H20F3NO6S/c1-22-7-6-16-10-2-3-12(23)14(16)27-15-13(16)9(8-11(10)22)4-5-17(15,24)28-29(25,26)18(19,20)21/h2-4,10-12,14,23-24H,5-8H2,1H3/t10-,11+,12-,14-,16-,17?/m0/s1. The minimum absolute atomic E-state index is 0.0825. The lowest BCUT2D eigenvalue weighted by Gasteiger charge is -2.58. The van der Waals surface area contributed by atoms with Gasteiger partial charge in [-0.2, -0.15) is 21.6 Å². The predicted octanol–water partition coefficient (Wildman–Crippen LogP) is 1.17. The highest BCUT2D eigenvalue weighted by Gasteiger charge is 2.68. The number of halogens is 3. The fourth-order valence-electron chi connectivity index (χ4n) is 5.77. The molecule has 2 heterocycles. The second-order valence-electron chi connectivity index (χ2n) is 8.39. The normalized spacial score (nSPS) is 43.7. The Morgan fingerprint density at radius 1 is 1.34 bits per heavy atom. The van der Waals surface area contributed by atoms with Crippen molar-refractivity contribution in [2.45, 2.75) is 48.8 Å². The van der Waals surface area contributed by atoms with Crippen molar-refractivity contribution in [3.8, 4) is 0 Å². The summed E-state index contributed by atoms with van der Waals surface area (Å²) in [5, 5.41) is 21.5. The van der Waals surface area contributed by atoms with Crippen molar-refractivity contribution >= 4 is 10.1 Å². The van der Waals surface area contributed by atoms with Crippen LogP contribution in [0, 0.1) is 11.3 Å². The molecule has 7 nitrogen and oxygen atoms in total. The van der Waals surface area contributed by atoms with Crippen molar-refractivity contribution in [1.82, 2.24) is 4.90 Å². The first-order valence-corrected chi connectivity index (χ1v) is 10.7. The van der Waals surface area contributed by atoms with Crippen LogP contribution in [0.4, 0.5) is 13.2 Å². The van der Waals surface area contributed by atoms with E-state index < -0.39 is 45.5 Å². The van der Waals surface area contributed by atoms with E-state index in [1.165, 1.54) is 6.08 Å². The molecule has 5 aliphatic rings. The Morgan fingerprint density at radius 3 is 2.76 bits per heavy atom. The first kappa shape index (κ1) is 19.6. The van der Waals surface area contributed by atoms with Gasteiger partial charge < -0.3 is 19.8 Å². The van der Waals surface area contributed by atoms with E-state index in [0.29, 0.717) is 25.0 Å². The summed E-state index contributed by atoms with van der Waals surface area (Å²) in [7, 11) is -4.07. The highest BCUT2D eigenvalue weighted by atomic mass is 32.2. The van der Waals surface area contributed by atoms with Crippen LogP contribution in [-0.4, -0.2) is 66.7 Å². The molecule has 0 amide bonds. The van der Waals surface area contributed by atoms with Gasteiger partial charge in [0.25, 0.3) is 0 Å². The van der Waals surface area contributed by atoms with Crippen molar-refractivity contribution in [2.24, 2.45) is 11.3 Å². The van der Waals surface area contributed by atoms with Gasteiger partial charge in [-0.25, -0.2) is 4.18 Å². The lowest BCUT2D eigenvalue weighted by molar-refractivity contribution is -0.162. The molecule has 3 aliphatic carbocycles. The topological polar surface area (TPSA) is 96.3 Å². The van der Waals surface area contributed by atoms with Gasteiger partial charge in [-0.3, -0.25) is 0 Å². The molecule has 1 saturated carbocycles. The minimum atomic E-state index is -6.07. The zero-order chi connectivity index (χ0) is 21.0. The molecule has 0 aromatic rings. The molecule has 2 aliphatic heterocycles. The van der Waals surface area contributed by atoms with Crippen LogP contribution in [0.2, 0.25) is 0 Å². The van der Waals surface area contributed by atoms with Gasteiger partial charge in [-0.15, -0.1) is 0 Å². The molecule has 0 aromatic heterocycles. The number of likely N-dealkylation sites (tertiary alicyclic amines) is 1. The number of ether oxygens (including phenoxy) is 1. The molecule has 5 rings (SSSR count). The summed E-state index contributed by atoms with van der Waals surface area (Å²) < 4.78 is 72.1. The van der Waals surface area contributed by atoms with Crippen molar-refractivity contribution < 1.29 is 40.7 Å². The summed E-state index contributed by atoms with van der Waals surface area (Å²) in [5.74, 6) is -3.20. The Morgan fingerprint density at radius 2 is 2.07 bits per heavy atom. The van der Waals surface area contributed by atoms with E-state index >= 15 is 0 Å². The maximum absolute atomic E-state index is 12.9. The van der Waals surface area contributed by atoms with Crippen LogP contribution in [-0.2, 0) is 19.0 Å². The van der Waals surface area contributed by atoms with E-state index in [0.717, 1.165) is 5.57 Å². The SMILES string of the molecule is CN1CC[C@]23C4=C5O[C@H]2[C@@H](O)C=C[C@H]3[C@H]1CC4=CCC5(O)OS(=O)(=O)C(F)(F)F. The molecule has 29 heavy (non-hydrogen) atoms. The first-order chi connectivity index (χ1) is 13.4. The molecule has 2 N–H and O–H groups in total. The lowest BCUT2D eigenvalue weighted by atomic mass is 9.51. The maximum Gasteiger partial charge on any atom is 0.523 e. The Balaban J connectivity index is 1.66. The smallest absolute Gasteiger partial charge is 0.485 e. The zero-order valence-corrected chi connectivity index (χ0v) is 16.2. The number of piperidine rings is 1. The third-order valence-corrected chi connectivity index (χ3v) is 8.05. The third-order valence-electron chi connectivity index (χ3n) is 6.99. The van der Waals surface area contributed by atoms with E-state index in [2.05, 4.69) is 9.08 Å².